The van der Waals surface area contributed by atoms with Crippen LogP contribution >= 0.6 is 35.0 Å². The Morgan fingerprint density at radius 1 is 1.21 bits per heavy atom. The molecule has 0 aliphatic carbocycles. The van der Waals surface area contributed by atoms with Crippen LogP contribution in [0.1, 0.15) is 5.56 Å². The first-order chi connectivity index (χ1) is 16.3. The number of thioether (sulfide) groups is 1. The largest absolute Gasteiger partial charge is 0.495 e. The van der Waals surface area contributed by atoms with Crippen LogP contribution in [0.15, 0.2) is 59.8 Å². The minimum atomic E-state index is -0.475. The highest BCUT2D eigenvalue weighted by Gasteiger charge is 2.20. The zero-order chi connectivity index (χ0) is 24.4. The molecule has 1 aromatic heterocycles. The molecular weight excluding hydrogens is 499 g/mol. The fourth-order valence-corrected chi connectivity index (χ4v) is 4.67. The number of aryl methyl sites for hydroxylation is 1. The average Bonchev–Trinajstić information content (AvgIpc) is 3.20. The Bertz CT molecular complexity index is 1420. The number of nitrogens with one attached hydrogen (secondary N) is 1. The van der Waals surface area contributed by atoms with Crippen LogP contribution < -0.4 is 10.1 Å². The van der Waals surface area contributed by atoms with E-state index in [1.807, 2.05) is 29.7 Å². The Morgan fingerprint density at radius 2 is 1.97 bits per heavy atom. The number of aromatic nitrogens is 2. The van der Waals surface area contributed by atoms with Crippen LogP contribution in [-0.4, -0.2) is 33.2 Å². The van der Waals surface area contributed by atoms with Crippen LogP contribution in [0.2, 0.25) is 10.0 Å². The molecule has 1 heterocycles. The summed E-state index contributed by atoms with van der Waals surface area (Å²) in [5, 5.41) is 15.2. The summed E-state index contributed by atoms with van der Waals surface area (Å²) in [7, 11) is 1.55. The van der Waals surface area contributed by atoms with Gasteiger partial charge < -0.3 is 10.1 Å². The molecule has 8 nitrogen and oxygen atoms in total. The van der Waals surface area contributed by atoms with E-state index in [1.54, 1.807) is 31.4 Å². The van der Waals surface area contributed by atoms with E-state index in [-0.39, 0.29) is 17.3 Å². The predicted molar refractivity (Wildman–Crippen MR) is 135 cm³/mol. The molecule has 0 saturated carbocycles. The highest BCUT2D eigenvalue weighted by molar-refractivity contribution is 7.99. The number of para-hydroxylation sites is 2. The number of nitrogens with zero attached hydrogens (tertiary/aromatic N) is 3. The van der Waals surface area contributed by atoms with Gasteiger partial charge in [0.25, 0.3) is 5.69 Å². The lowest BCUT2D eigenvalue weighted by Gasteiger charge is -2.13. The number of hydrogen-bond acceptors (Lipinski definition) is 6. The van der Waals surface area contributed by atoms with Gasteiger partial charge in [-0.05, 0) is 36.8 Å². The molecule has 11 heteroatoms. The number of halogens is 2. The van der Waals surface area contributed by atoms with Crippen molar-refractivity contribution in [2.75, 3.05) is 18.2 Å². The van der Waals surface area contributed by atoms with Crippen molar-refractivity contribution in [1.82, 2.24) is 9.55 Å². The molecule has 0 radical (unpaired) electrons. The molecule has 4 rings (SSSR count). The number of imidazole rings is 1. The van der Waals surface area contributed by atoms with Crippen LogP contribution in [0.4, 0.5) is 11.4 Å². The molecule has 34 heavy (non-hydrogen) atoms. The maximum Gasteiger partial charge on any atom is 0.271 e. The number of nitro benzene ring substituents is 1. The topological polar surface area (TPSA) is 99.3 Å². The summed E-state index contributed by atoms with van der Waals surface area (Å²) in [5.74, 6) is 0.259. The van der Waals surface area contributed by atoms with Crippen molar-refractivity contribution in [2.45, 2.75) is 12.1 Å². The Balaban J connectivity index is 1.70. The van der Waals surface area contributed by atoms with E-state index in [1.165, 1.54) is 23.9 Å². The number of amides is 1. The molecule has 0 aliphatic heterocycles. The summed E-state index contributed by atoms with van der Waals surface area (Å²) in [6, 6.07) is 15.2. The number of carbonyl (C=O) groups excluding carboxylic acids is 1. The highest BCUT2D eigenvalue weighted by atomic mass is 35.5. The van der Waals surface area contributed by atoms with E-state index in [4.69, 9.17) is 27.9 Å². The number of nitro groups is 1. The second-order valence-corrected chi connectivity index (χ2v) is 8.95. The first-order valence-corrected chi connectivity index (χ1v) is 11.7. The molecule has 0 atom stereocenters. The number of non-ortho nitro benzene ring substituents is 1. The number of rotatable bonds is 7. The van der Waals surface area contributed by atoms with Crippen molar-refractivity contribution in [3.8, 4) is 11.4 Å². The van der Waals surface area contributed by atoms with Crippen LogP contribution in [0.5, 0.6) is 5.75 Å². The molecular formula is C23H18Cl2N4O4S. The molecule has 0 fully saturated rings. The number of fused-ring (bicyclic) bond motifs is 1. The lowest BCUT2D eigenvalue weighted by molar-refractivity contribution is -0.384. The van der Waals surface area contributed by atoms with Gasteiger partial charge in [-0.15, -0.1) is 0 Å². The molecule has 1 N–H and O–H groups in total. The van der Waals surface area contributed by atoms with Gasteiger partial charge in [0.1, 0.15) is 5.75 Å². The summed E-state index contributed by atoms with van der Waals surface area (Å²) in [6.07, 6.45) is 0. The highest BCUT2D eigenvalue weighted by Crippen LogP contribution is 2.35. The minimum Gasteiger partial charge on any atom is -0.495 e. The van der Waals surface area contributed by atoms with Gasteiger partial charge in [-0.25, -0.2) is 4.98 Å². The van der Waals surface area contributed by atoms with Gasteiger partial charge in [-0.3, -0.25) is 19.5 Å². The van der Waals surface area contributed by atoms with Crippen LogP contribution in [0, 0.1) is 17.0 Å². The van der Waals surface area contributed by atoms with Crippen molar-refractivity contribution in [2.24, 2.45) is 0 Å². The lowest BCUT2D eigenvalue weighted by atomic mass is 10.2. The smallest absolute Gasteiger partial charge is 0.271 e. The van der Waals surface area contributed by atoms with Crippen molar-refractivity contribution in [3.63, 3.8) is 0 Å². The molecule has 4 aromatic rings. The second kappa shape index (κ2) is 9.92. The molecule has 0 spiro atoms. The third kappa shape index (κ3) is 4.68. The summed E-state index contributed by atoms with van der Waals surface area (Å²) in [4.78, 5) is 28.1. The third-order valence-corrected chi connectivity index (χ3v) is 6.77. The fourth-order valence-electron chi connectivity index (χ4n) is 3.38. The molecule has 0 unspecified atom stereocenters. The fraction of sp³-hybridized carbons (Fsp3) is 0.130. The Kier molecular flexibility index (Phi) is 6.97. The number of methoxy groups -OCH3 is 1. The van der Waals surface area contributed by atoms with E-state index >= 15 is 0 Å². The number of anilines is 1. The first kappa shape index (κ1) is 23.9. The first-order valence-electron chi connectivity index (χ1n) is 9.97. The maximum atomic E-state index is 12.7. The van der Waals surface area contributed by atoms with Crippen LogP contribution in [0.3, 0.4) is 0 Å². The Hall–Kier alpha value is -3.27. The van der Waals surface area contributed by atoms with Gasteiger partial charge in [0.05, 0.1) is 50.2 Å². The SMILES string of the molecule is COc1ccccc1-n1c(SCC(=O)Nc2c(Cl)ccc(C)c2Cl)nc2cc([N+](=O)[O-])ccc21. The van der Waals surface area contributed by atoms with Gasteiger partial charge in [-0.1, -0.05) is 53.2 Å². The standard InChI is InChI=1S/C23H18Cl2N4O4S/c1-13-7-9-15(24)22(21(13)25)27-20(30)12-34-23-26-16-11-14(29(31)32)8-10-17(16)28(23)18-5-3-4-6-19(18)33-2/h3-11H,12H2,1-2H3,(H,27,30). The molecule has 174 valence electrons. The molecule has 0 bridgehead atoms. The van der Waals surface area contributed by atoms with Gasteiger partial charge in [-0.2, -0.15) is 0 Å². The van der Waals surface area contributed by atoms with Crippen molar-refractivity contribution < 1.29 is 14.5 Å². The molecule has 1 amide bonds. The van der Waals surface area contributed by atoms with Gasteiger partial charge >= 0.3 is 0 Å². The summed E-state index contributed by atoms with van der Waals surface area (Å²) < 4.78 is 7.31. The van der Waals surface area contributed by atoms with E-state index in [9.17, 15) is 14.9 Å². The Labute approximate surface area is 209 Å². The summed E-state index contributed by atoms with van der Waals surface area (Å²) >= 11 is 13.7. The number of ether oxygens (including phenoxy) is 1. The summed E-state index contributed by atoms with van der Waals surface area (Å²) in [5.41, 5.74) is 2.82. The zero-order valence-corrected chi connectivity index (χ0v) is 20.4. The number of carbonyl (C=O) groups is 1. The average molecular weight is 517 g/mol. The van der Waals surface area contributed by atoms with Crippen LogP contribution in [0.25, 0.3) is 16.7 Å². The van der Waals surface area contributed by atoms with Gasteiger partial charge in [0.15, 0.2) is 5.16 Å². The third-order valence-electron chi connectivity index (χ3n) is 5.03. The monoisotopic (exact) mass is 516 g/mol. The van der Waals surface area contributed by atoms with Crippen molar-refractivity contribution >= 4 is 63.3 Å². The molecule has 0 saturated heterocycles. The normalized spacial score (nSPS) is 10.9. The van der Waals surface area contributed by atoms with Crippen LogP contribution in [-0.2, 0) is 4.79 Å². The van der Waals surface area contributed by atoms with E-state index in [0.717, 1.165) is 5.56 Å². The van der Waals surface area contributed by atoms with Gasteiger partial charge in [0, 0.05) is 12.1 Å². The zero-order valence-electron chi connectivity index (χ0n) is 18.0. The summed E-state index contributed by atoms with van der Waals surface area (Å²) in [6.45, 7) is 1.82. The number of benzene rings is 3. The molecule has 0 aliphatic rings. The maximum absolute atomic E-state index is 12.7. The quantitative estimate of drug-likeness (QED) is 0.176. The second-order valence-electron chi connectivity index (χ2n) is 7.22. The Morgan fingerprint density at radius 3 is 2.71 bits per heavy atom. The van der Waals surface area contributed by atoms with Crippen molar-refractivity contribution in [1.29, 1.82) is 0 Å². The van der Waals surface area contributed by atoms with Gasteiger partial charge in [0.2, 0.25) is 5.91 Å². The number of hydrogen-bond donors (Lipinski definition) is 1. The lowest BCUT2D eigenvalue weighted by Crippen LogP contribution is -2.15. The van der Waals surface area contributed by atoms with E-state index in [2.05, 4.69) is 10.3 Å². The minimum absolute atomic E-state index is 0.00115. The predicted octanol–water partition coefficient (Wildman–Crippen LogP) is 6.29. The van der Waals surface area contributed by atoms with Crippen molar-refractivity contribution in [3.05, 3.63) is 80.3 Å². The molecule has 3 aromatic carbocycles. The van der Waals surface area contributed by atoms with E-state index < -0.39 is 4.92 Å². The van der Waals surface area contributed by atoms with E-state index in [0.29, 0.717) is 43.4 Å².